The number of pyridine rings is 1. The van der Waals surface area contributed by atoms with Crippen LogP contribution in [0.3, 0.4) is 0 Å². The summed E-state index contributed by atoms with van der Waals surface area (Å²) in [5.74, 6) is 0. The lowest BCUT2D eigenvalue weighted by Crippen LogP contribution is -2.08. The van der Waals surface area contributed by atoms with Crippen LogP contribution in [0.5, 0.6) is 0 Å². The van der Waals surface area contributed by atoms with Crippen molar-refractivity contribution in [3.63, 3.8) is 0 Å². The van der Waals surface area contributed by atoms with Crippen LogP contribution >= 0.6 is 0 Å². The van der Waals surface area contributed by atoms with E-state index in [0.717, 1.165) is 12.3 Å². The molecule has 2 N–H and O–H groups in total. The zero-order chi connectivity index (χ0) is 11.0. The molecule has 0 atom stereocenters. The highest BCUT2D eigenvalue weighted by atomic mass is 32.2. The fourth-order valence-corrected chi connectivity index (χ4v) is 2.46. The first kappa shape index (κ1) is 11.0. The Morgan fingerprint density at radius 2 is 1.50 bits per heavy atom. The maximum absolute atomic E-state index is 10.7. The van der Waals surface area contributed by atoms with Crippen molar-refractivity contribution in [2.45, 2.75) is 9.79 Å². The molecule has 0 unspecified atom stereocenters. The van der Waals surface area contributed by atoms with Gasteiger partial charge < -0.3 is 0 Å². The van der Waals surface area contributed by atoms with E-state index in [4.69, 9.17) is 9.11 Å². The standard InChI is InChI=1S/C5H5NO6S2/c7-13(8,9)4-1-2-6-3-5(4)14(10,11)12/h1-3H,(H,7,8,9)(H,10,11,12). The molecule has 78 valence electrons. The molecule has 0 bridgehead atoms. The van der Waals surface area contributed by atoms with Crippen molar-refractivity contribution in [2.75, 3.05) is 0 Å². The van der Waals surface area contributed by atoms with E-state index in [0.29, 0.717) is 6.20 Å². The summed E-state index contributed by atoms with van der Waals surface area (Å²) in [6.07, 6.45) is 1.59. The molecule has 0 saturated heterocycles. The minimum atomic E-state index is -4.72. The second-order valence-corrected chi connectivity index (χ2v) is 5.05. The average Bonchev–Trinajstić information content (AvgIpc) is 2.01. The first-order valence-corrected chi connectivity index (χ1v) is 6.00. The van der Waals surface area contributed by atoms with Gasteiger partial charge in [-0.25, -0.2) is 0 Å². The van der Waals surface area contributed by atoms with Gasteiger partial charge in [-0.1, -0.05) is 0 Å². The maximum atomic E-state index is 10.7. The zero-order valence-corrected chi connectivity index (χ0v) is 8.16. The van der Waals surface area contributed by atoms with Gasteiger partial charge in [0.15, 0.2) is 0 Å². The van der Waals surface area contributed by atoms with Crippen LogP contribution in [0, 0.1) is 0 Å². The molecule has 0 amide bonds. The van der Waals surface area contributed by atoms with Crippen LogP contribution in [0.25, 0.3) is 0 Å². The molecule has 1 aromatic rings. The van der Waals surface area contributed by atoms with Crippen molar-refractivity contribution < 1.29 is 25.9 Å². The Morgan fingerprint density at radius 3 is 1.86 bits per heavy atom. The molecule has 1 heterocycles. The molecule has 0 aliphatic heterocycles. The summed E-state index contributed by atoms with van der Waals surface area (Å²) in [6, 6.07) is 0.762. The smallest absolute Gasteiger partial charge is 0.282 e. The number of aromatic nitrogens is 1. The molecule has 14 heavy (non-hydrogen) atoms. The molecule has 0 fully saturated rings. The second-order valence-electron chi connectivity index (χ2n) is 2.27. The van der Waals surface area contributed by atoms with Crippen LogP contribution in [-0.2, 0) is 20.2 Å². The van der Waals surface area contributed by atoms with Gasteiger partial charge in [-0.05, 0) is 6.07 Å². The lowest BCUT2D eigenvalue weighted by molar-refractivity contribution is 0.466. The molecule has 1 rings (SSSR count). The van der Waals surface area contributed by atoms with E-state index in [1.54, 1.807) is 0 Å². The summed E-state index contributed by atoms with van der Waals surface area (Å²) >= 11 is 0. The van der Waals surface area contributed by atoms with E-state index in [2.05, 4.69) is 4.98 Å². The first-order valence-electron chi connectivity index (χ1n) is 3.12. The predicted octanol–water partition coefficient (Wildman–Crippen LogP) is -0.425. The van der Waals surface area contributed by atoms with E-state index < -0.39 is 30.0 Å². The van der Waals surface area contributed by atoms with Crippen molar-refractivity contribution >= 4 is 20.2 Å². The summed E-state index contributed by atoms with van der Waals surface area (Å²) in [7, 11) is -9.41. The Balaban J connectivity index is 3.64. The fraction of sp³-hybridized carbons (Fsp3) is 0. The van der Waals surface area contributed by atoms with Crippen LogP contribution in [0.15, 0.2) is 28.3 Å². The van der Waals surface area contributed by atoms with Gasteiger partial charge in [-0.2, -0.15) is 16.8 Å². The molecule has 0 aromatic carbocycles. The van der Waals surface area contributed by atoms with Crippen LogP contribution < -0.4 is 0 Å². The Hall–Kier alpha value is -1.03. The van der Waals surface area contributed by atoms with Gasteiger partial charge in [-0.15, -0.1) is 0 Å². The van der Waals surface area contributed by atoms with Gasteiger partial charge in [-0.3, -0.25) is 14.1 Å². The number of rotatable bonds is 2. The van der Waals surface area contributed by atoms with Crippen molar-refractivity contribution in [2.24, 2.45) is 0 Å². The molecule has 9 heteroatoms. The largest absolute Gasteiger partial charge is 0.297 e. The molecule has 0 aliphatic carbocycles. The van der Waals surface area contributed by atoms with E-state index >= 15 is 0 Å². The summed E-state index contributed by atoms with van der Waals surface area (Å²) in [6.45, 7) is 0. The van der Waals surface area contributed by atoms with Crippen LogP contribution in [0.4, 0.5) is 0 Å². The molecule has 1 aromatic heterocycles. The van der Waals surface area contributed by atoms with Crippen LogP contribution in [0.2, 0.25) is 0 Å². The van der Waals surface area contributed by atoms with Gasteiger partial charge in [0.05, 0.1) is 0 Å². The molecule has 0 radical (unpaired) electrons. The van der Waals surface area contributed by atoms with Gasteiger partial charge in [0.1, 0.15) is 9.79 Å². The van der Waals surface area contributed by atoms with E-state index in [9.17, 15) is 16.8 Å². The maximum Gasteiger partial charge on any atom is 0.297 e. The Bertz CT molecular complexity index is 494. The average molecular weight is 239 g/mol. The lowest BCUT2D eigenvalue weighted by Gasteiger charge is -2.01. The molecule has 0 saturated carbocycles. The van der Waals surface area contributed by atoms with E-state index in [1.807, 2.05) is 0 Å². The van der Waals surface area contributed by atoms with Crippen molar-refractivity contribution in [1.29, 1.82) is 0 Å². The van der Waals surface area contributed by atoms with Gasteiger partial charge in [0.2, 0.25) is 0 Å². The summed E-state index contributed by atoms with van der Waals surface area (Å²) in [5, 5.41) is 0. The molecule has 0 spiro atoms. The quantitative estimate of drug-likeness (QED) is 0.671. The van der Waals surface area contributed by atoms with E-state index in [1.165, 1.54) is 0 Å². The van der Waals surface area contributed by atoms with Crippen LogP contribution in [0.1, 0.15) is 0 Å². The number of hydrogen-bond donors (Lipinski definition) is 2. The van der Waals surface area contributed by atoms with Crippen molar-refractivity contribution in [1.82, 2.24) is 4.98 Å². The Kier molecular flexibility index (Phi) is 2.58. The highest BCUT2D eigenvalue weighted by Gasteiger charge is 2.23. The summed E-state index contributed by atoms with van der Waals surface area (Å²) in [5.41, 5.74) is 0. The lowest BCUT2D eigenvalue weighted by atomic mass is 10.5. The van der Waals surface area contributed by atoms with Gasteiger partial charge >= 0.3 is 0 Å². The monoisotopic (exact) mass is 239 g/mol. The van der Waals surface area contributed by atoms with Crippen molar-refractivity contribution in [3.8, 4) is 0 Å². The Labute approximate surface area is 79.9 Å². The third-order valence-corrected chi connectivity index (χ3v) is 3.22. The first-order chi connectivity index (χ1) is 6.23. The Morgan fingerprint density at radius 1 is 1.00 bits per heavy atom. The van der Waals surface area contributed by atoms with Gasteiger partial charge in [0.25, 0.3) is 20.2 Å². The molecular weight excluding hydrogens is 234 g/mol. The second kappa shape index (κ2) is 3.28. The number of hydrogen-bond acceptors (Lipinski definition) is 5. The SMILES string of the molecule is O=S(=O)(O)c1ccncc1S(=O)(=O)O. The fourth-order valence-electron chi connectivity index (χ4n) is 0.774. The van der Waals surface area contributed by atoms with Crippen molar-refractivity contribution in [3.05, 3.63) is 18.5 Å². The summed E-state index contributed by atoms with van der Waals surface area (Å²) in [4.78, 5) is 1.45. The third-order valence-electron chi connectivity index (χ3n) is 1.30. The highest BCUT2D eigenvalue weighted by molar-refractivity contribution is 7.89. The summed E-state index contributed by atoms with van der Waals surface area (Å²) < 4.78 is 59.8. The zero-order valence-electron chi connectivity index (χ0n) is 6.52. The number of nitrogens with zero attached hydrogens (tertiary/aromatic N) is 1. The molecular formula is C5H5NO6S2. The van der Waals surface area contributed by atoms with E-state index in [-0.39, 0.29) is 0 Å². The van der Waals surface area contributed by atoms with Crippen LogP contribution in [-0.4, -0.2) is 30.9 Å². The normalized spacial score (nSPS) is 12.7. The third kappa shape index (κ3) is 2.26. The topological polar surface area (TPSA) is 122 Å². The molecule has 7 nitrogen and oxygen atoms in total. The minimum absolute atomic E-state index is 0.623. The van der Waals surface area contributed by atoms with Gasteiger partial charge in [0, 0.05) is 12.4 Å². The molecule has 0 aliphatic rings. The highest BCUT2D eigenvalue weighted by Crippen LogP contribution is 2.18. The predicted molar refractivity (Wildman–Crippen MR) is 43.9 cm³/mol. The minimum Gasteiger partial charge on any atom is -0.282 e.